The van der Waals surface area contributed by atoms with E-state index < -0.39 is 17.8 Å². The molecule has 0 aliphatic heterocycles. The molecule has 0 bridgehead atoms. The molecule has 0 saturated heterocycles. The first-order chi connectivity index (χ1) is 8.97. The molecule has 0 fully saturated rings. The molecule has 2 atom stereocenters. The van der Waals surface area contributed by atoms with Crippen molar-refractivity contribution >= 4 is 11.9 Å². The van der Waals surface area contributed by atoms with Crippen LogP contribution in [-0.4, -0.2) is 28.4 Å². The maximum Gasteiger partial charge on any atom is 0.307 e. The van der Waals surface area contributed by atoms with Crippen LogP contribution >= 0.6 is 0 Å². The standard InChI is InChI=1S/C15H21NO3/c1-4-16(10-13-8-6-5-7-9-13)14(17)11(2)12(3)15(18)19/h5-9,11-12H,4,10H2,1-3H3,(H,18,19). The van der Waals surface area contributed by atoms with Crippen molar-refractivity contribution in [2.75, 3.05) is 6.54 Å². The minimum Gasteiger partial charge on any atom is -0.481 e. The van der Waals surface area contributed by atoms with Gasteiger partial charge in [-0.05, 0) is 12.5 Å². The quantitative estimate of drug-likeness (QED) is 0.857. The van der Waals surface area contributed by atoms with Gasteiger partial charge in [-0.25, -0.2) is 0 Å². The molecule has 0 spiro atoms. The SMILES string of the molecule is CCN(Cc1ccccc1)C(=O)C(C)C(C)C(=O)O. The lowest BCUT2D eigenvalue weighted by molar-refractivity contribution is -0.149. The van der Waals surface area contributed by atoms with E-state index in [4.69, 9.17) is 5.11 Å². The van der Waals surface area contributed by atoms with Gasteiger partial charge in [-0.15, -0.1) is 0 Å². The summed E-state index contributed by atoms with van der Waals surface area (Å²) in [5.74, 6) is -2.23. The van der Waals surface area contributed by atoms with Crippen LogP contribution in [0.5, 0.6) is 0 Å². The normalized spacial score (nSPS) is 13.6. The largest absolute Gasteiger partial charge is 0.481 e. The average molecular weight is 263 g/mol. The van der Waals surface area contributed by atoms with Crippen molar-refractivity contribution in [1.82, 2.24) is 4.90 Å². The molecule has 0 aromatic heterocycles. The van der Waals surface area contributed by atoms with Crippen molar-refractivity contribution in [1.29, 1.82) is 0 Å². The van der Waals surface area contributed by atoms with E-state index in [9.17, 15) is 9.59 Å². The summed E-state index contributed by atoms with van der Waals surface area (Å²) in [5, 5.41) is 8.97. The zero-order valence-electron chi connectivity index (χ0n) is 11.7. The van der Waals surface area contributed by atoms with Crippen molar-refractivity contribution in [2.24, 2.45) is 11.8 Å². The highest BCUT2D eigenvalue weighted by Crippen LogP contribution is 2.16. The third kappa shape index (κ3) is 4.09. The van der Waals surface area contributed by atoms with E-state index in [0.717, 1.165) is 5.56 Å². The van der Waals surface area contributed by atoms with Gasteiger partial charge in [0.2, 0.25) is 5.91 Å². The molecule has 1 aromatic rings. The number of aliphatic carboxylic acids is 1. The number of hydrogen-bond donors (Lipinski definition) is 1. The lowest BCUT2D eigenvalue weighted by atomic mass is 9.94. The maximum atomic E-state index is 12.3. The van der Waals surface area contributed by atoms with E-state index in [2.05, 4.69) is 0 Å². The molecule has 0 heterocycles. The Kier molecular flexibility index (Phi) is 5.55. The summed E-state index contributed by atoms with van der Waals surface area (Å²) in [4.78, 5) is 24.9. The third-order valence-corrected chi connectivity index (χ3v) is 3.44. The van der Waals surface area contributed by atoms with Gasteiger partial charge in [0, 0.05) is 19.0 Å². The molecule has 104 valence electrons. The highest BCUT2D eigenvalue weighted by Gasteiger charge is 2.28. The Bertz CT molecular complexity index is 430. The first kappa shape index (κ1) is 15.2. The van der Waals surface area contributed by atoms with Gasteiger partial charge in [0.25, 0.3) is 0 Å². The van der Waals surface area contributed by atoms with Crippen molar-refractivity contribution in [3.05, 3.63) is 35.9 Å². The topological polar surface area (TPSA) is 57.6 Å². The number of nitrogens with zero attached hydrogens (tertiary/aromatic N) is 1. The van der Waals surface area contributed by atoms with E-state index in [1.165, 1.54) is 0 Å². The summed E-state index contributed by atoms with van der Waals surface area (Å²) < 4.78 is 0. The number of carbonyl (C=O) groups is 2. The lowest BCUT2D eigenvalue weighted by Gasteiger charge is -2.26. The van der Waals surface area contributed by atoms with Gasteiger partial charge in [0.1, 0.15) is 0 Å². The van der Waals surface area contributed by atoms with Gasteiger partial charge >= 0.3 is 5.97 Å². The van der Waals surface area contributed by atoms with Crippen molar-refractivity contribution in [2.45, 2.75) is 27.3 Å². The van der Waals surface area contributed by atoms with Gasteiger partial charge < -0.3 is 10.0 Å². The summed E-state index contributed by atoms with van der Waals surface area (Å²) >= 11 is 0. The van der Waals surface area contributed by atoms with Crippen LogP contribution in [0.25, 0.3) is 0 Å². The molecular formula is C15H21NO3. The Morgan fingerprint density at radius 1 is 1.16 bits per heavy atom. The molecule has 1 rings (SSSR count). The number of carbonyl (C=O) groups excluding carboxylic acids is 1. The van der Waals surface area contributed by atoms with Crippen LogP contribution in [0.15, 0.2) is 30.3 Å². The minimum absolute atomic E-state index is 0.110. The predicted octanol–water partition coefficient (Wildman–Crippen LogP) is 2.39. The number of rotatable bonds is 6. The smallest absolute Gasteiger partial charge is 0.307 e. The number of carboxylic acids is 1. The van der Waals surface area contributed by atoms with Gasteiger partial charge in [-0.3, -0.25) is 9.59 Å². The van der Waals surface area contributed by atoms with Crippen molar-refractivity contribution < 1.29 is 14.7 Å². The second kappa shape index (κ2) is 6.92. The zero-order chi connectivity index (χ0) is 14.4. The molecule has 0 saturated carbocycles. The summed E-state index contributed by atoms with van der Waals surface area (Å²) in [6.07, 6.45) is 0. The van der Waals surface area contributed by atoms with Crippen LogP contribution in [-0.2, 0) is 16.1 Å². The van der Waals surface area contributed by atoms with Gasteiger partial charge in [0.05, 0.1) is 5.92 Å². The highest BCUT2D eigenvalue weighted by molar-refractivity contribution is 5.84. The monoisotopic (exact) mass is 263 g/mol. The molecule has 0 aliphatic carbocycles. The molecular weight excluding hydrogens is 242 g/mol. The lowest BCUT2D eigenvalue weighted by Crippen LogP contribution is -2.38. The Morgan fingerprint density at radius 3 is 2.21 bits per heavy atom. The second-order valence-corrected chi connectivity index (χ2v) is 4.75. The van der Waals surface area contributed by atoms with E-state index >= 15 is 0 Å². The van der Waals surface area contributed by atoms with E-state index in [0.29, 0.717) is 13.1 Å². The Hall–Kier alpha value is -1.84. The first-order valence-corrected chi connectivity index (χ1v) is 6.52. The molecule has 2 unspecified atom stereocenters. The molecule has 0 aliphatic rings. The fourth-order valence-corrected chi connectivity index (χ4v) is 1.87. The third-order valence-electron chi connectivity index (χ3n) is 3.44. The van der Waals surface area contributed by atoms with Crippen LogP contribution in [0, 0.1) is 11.8 Å². The number of carboxylic acid groups (broad SMARTS) is 1. The molecule has 1 amide bonds. The highest BCUT2D eigenvalue weighted by atomic mass is 16.4. The summed E-state index contributed by atoms with van der Waals surface area (Å²) in [5.41, 5.74) is 1.05. The molecule has 19 heavy (non-hydrogen) atoms. The van der Waals surface area contributed by atoms with Crippen LogP contribution in [0.3, 0.4) is 0 Å². The van der Waals surface area contributed by atoms with Gasteiger partial charge in [-0.1, -0.05) is 44.2 Å². The first-order valence-electron chi connectivity index (χ1n) is 6.52. The maximum absolute atomic E-state index is 12.3. The molecule has 1 aromatic carbocycles. The van der Waals surface area contributed by atoms with Crippen LogP contribution in [0.1, 0.15) is 26.3 Å². The Balaban J connectivity index is 2.74. The summed E-state index contributed by atoms with van der Waals surface area (Å²) in [6, 6.07) is 9.70. The number of amides is 1. The molecule has 4 nitrogen and oxygen atoms in total. The second-order valence-electron chi connectivity index (χ2n) is 4.75. The van der Waals surface area contributed by atoms with Gasteiger partial charge in [0.15, 0.2) is 0 Å². The van der Waals surface area contributed by atoms with Crippen molar-refractivity contribution in [3.8, 4) is 0 Å². The van der Waals surface area contributed by atoms with Gasteiger partial charge in [-0.2, -0.15) is 0 Å². The van der Waals surface area contributed by atoms with Crippen LogP contribution in [0.2, 0.25) is 0 Å². The van der Waals surface area contributed by atoms with Crippen LogP contribution in [0.4, 0.5) is 0 Å². The molecule has 1 N–H and O–H groups in total. The number of hydrogen-bond acceptors (Lipinski definition) is 2. The number of benzene rings is 1. The fourth-order valence-electron chi connectivity index (χ4n) is 1.87. The van der Waals surface area contributed by atoms with Crippen LogP contribution < -0.4 is 0 Å². The average Bonchev–Trinajstić information content (AvgIpc) is 2.43. The fraction of sp³-hybridized carbons (Fsp3) is 0.467. The summed E-state index contributed by atoms with van der Waals surface area (Å²) in [7, 11) is 0. The van der Waals surface area contributed by atoms with E-state index in [1.807, 2.05) is 37.3 Å². The van der Waals surface area contributed by atoms with Crippen molar-refractivity contribution in [3.63, 3.8) is 0 Å². The zero-order valence-corrected chi connectivity index (χ0v) is 11.7. The van der Waals surface area contributed by atoms with E-state index in [1.54, 1.807) is 18.7 Å². The molecule has 0 radical (unpaired) electrons. The summed E-state index contributed by atoms with van der Waals surface area (Å²) in [6.45, 7) is 6.24. The van der Waals surface area contributed by atoms with E-state index in [-0.39, 0.29) is 5.91 Å². The Morgan fingerprint density at radius 2 is 1.74 bits per heavy atom. The minimum atomic E-state index is -0.934. The molecule has 4 heteroatoms. The predicted molar refractivity (Wildman–Crippen MR) is 73.5 cm³/mol. The Labute approximate surface area is 114 Å².